The minimum atomic E-state index is -0.0274. The van der Waals surface area contributed by atoms with Gasteiger partial charge in [-0.1, -0.05) is 19.3 Å². The molecule has 1 spiro atoms. The highest BCUT2D eigenvalue weighted by atomic mass is 16.5. The molecule has 0 bridgehead atoms. The molecular formula is C23H34N2O3. The summed E-state index contributed by atoms with van der Waals surface area (Å²) in [4.78, 5) is 17.9. The molecule has 28 heavy (non-hydrogen) atoms. The summed E-state index contributed by atoms with van der Waals surface area (Å²) in [6, 6.07) is 4.25. The molecule has 0 aromatic heterocycles. The Morgan fingerprint density at radius 2 is 1.64 bits per heavy atom. The summed E-state index contributed by atoms with van der Waals surface area (Å²) >= 11 is 0. The Hall–Kier alpha value is -1.75. The van der Waals surface area contributed by atoms with E-state index in [0.29, 0.717) is 6.54 Å². The third-order valence-corrected chi connectivity index (χ3v) is 7.20. The molecule has 1 saturated heterocycles. The fourth-order valence-corrected chi connectivity index (χ4v) is 5.62. The fraction of sp³-hybridized carbons (Fsp3) is 0.696. The first-order chi connectivity index (χ1) is 13.6. The normalized spacial score (nSPS) is 22.8. The molecule has 0 N–H and O–H groups in total. The van der Waals surface area contributed by atoms with E-state index in [-0.39, 0.29) is 17.4 Å². The van der Waals surface area contributed by atoms with Gasteiger partial charge in [0.2, 0.25) is 5.91 Å². The maximum atomic E-state index is 13.5. The second-order valence-corrected chi connectivity index (χ2v) is 8.82. The van der Waals surface area contributed by atoms with Gasteiger partial charge in [-0.2, -0.15) is 0 Å². The zero-order chi connectivity index (χ0) is 19.7. The Labute approximate surface area is 169 Å². The van der Waals surface area contributed by atoms with Crippen LogP contribution in [0.25, 0.3) is 0 Å². The molecule has 1 aromatic carbocycles. The van der Waals surface area contributed by atoms with Gasteiger partial charge < -0.3 is 14.4 Å². The van der Waals surface area contributed by atoms with Crippen molar-refractivity contribution in [2.45, 2.75) is 69.9 Å². The Kier molecular flexibility index (Phi) is 5.55. The van der Waals surface area contributed by atoms with Crippen LogP contribution in [0.1, 0.15) is 63.0 Å². The SMILES string of the molecule is COc1cc2c(cc1OC)C1(CCCC1)CN(C(=O)[C@H](C)N1CCCCC1)C2. The molecule has 1 saturated carbocycles. The summed E-state index contributed by atoms with van der Waals surface area (Å²) in [5.41, 5.74) is 2.67. The predicted octanol–water partition coefficient (Wildman–Crippen LogP) is 3.73. The lowest BCUT2D eigenvalue weighted by atomic mass is 9.73. The quantitative estimate of drug-likeness (QED) is 0.791. The maximum Gasteiger partial charge on any atom is 0.239 e. The van der Waals surface area contributed by atoms with Crippen LogP contribution in [-0.2, 0) is 16.8 Å². The molecule has 1 atom stereocenters. The van der Waals surface area contributed by atoms with Crippen LogP contribution >= 0.6 is 0 Å². The predicted molar refractivity (Wildman–Crippen MR) is 110 cm³/mol. The molecule has 5 heteroatoms. The largest absolute Gasteiger partial charge is 0.493 e. The number of benzene rings is 1. The zero-order valence-corrected chi connectivity index (χ0v) is 17.6. The van der Waals surface area contributed by atoms with Crippen molar-refractivity contribution >= 4 is 5.91 Å². The van der Waals surface area contributed by atoms with Gasteiger partial charge in [0, 0.05) is 18.5 Å². The molecule has 3 aliphatic rings. The van der Waals surface area contributed by atoms with E-state index >= 15 is 0 Å². The highest BCUT2D eigenvalue weighted by molar-refractivity contribution is 5.82. The number of carbonyl (C=O) groups excluding carboxylic acids is 1. The number of hydrogen-bond donors (Lipinski definition) is 0. The number of hydrogen-bond acceptors (Lipinski definition) is 4. The summed E-state index contributed by atoms with van der Waals surface area (Å²) in [5.74, 6) is 1.84. The molecule has 1 amide bonds. The number of ether oxygens (including phenoxy) is 2. The summed E-state index contributed by atoms with van der Waals surface area (Å²) in [5, 5.41) is 0. The van der Waals surface area contributed by atoms with Crippen LogP contribution in [0, 0.1) is 0 Å². The molecule has 0 radical (unpaired) electrons. The van der Waals surface area contributed by atoms with Crippen molar-refractivity contribution in [2.75, 3.05) is 33.9 Å². The minimum absolute atomic E-state index is 0.0274. The Bertz CT molecular complexity index is 721. The highest BCUT2D eigenvalue weighted by Gasteiger charge is 2.44. The first kappa shape index (κ1) is 19.6. The van der Waals surface area contributed by atoms with Gasteiger partial charge in [-0.25, -0.2) is 0 Å². The van der Waals surface area contributed by atoms with E-state index in [1.54, 1.807) is 14.2 Å². The number of methoxy groups -OCH3 is 2. The van der Waals surface area contributed by atoms with Crippen molar-refractivity contribution < 1.29 is 14.3 Å². The number of piperidine rings is 1. The second-order valence-electron chi connectivity index (χ2n) is 8.82. The van der Waals surface area contributed by atoms with Crippen LogP contribution in [0.15, 0.2) is 12.1 Å². The molecular weight excluding hydrogens is 352 g/mol. The molecule has 2 heterocycles. The van der Waals surface area contributed by atoms with Crippen LogP contribution < -0.4 is 9.47 Å². The topological polar surface area (TPSA) is 42.0 Å². The number of carbonyl (C=O) groups is 1. The van der Waals surface area contributed by atoms with Gasteiger partial charge in [-0.15, -0.1) is 0 Å². The van der Waals surface area contributed by atoms with E-state index in [2.05, 4.69) is 28.9 Å². The Balaban J connectivity index is 1.65. The van der Waals surface area contributed by atoms with Crippen molar-refractivity contribution in [3.63, 3.8) is 0 Å². The van der Waals surface area contributed by atoms with Gasteiger partial charge in [0.05, 0.1) is 20.3 Å². The summed E-state index contributed by atoms with van der Waals surface area (Å²) in [6.07, 6.45) is 8.48. The summed E-state index contributed by atoms with van der Waals surface area (Å²) < 4.78 is 11.1. The van der Waals surface area contributed by atoms with E-state index < -0.39 is 0 Å². The summed E-state index contributed by atoms with van der Waals surface area (Å²) in [7, 11) is 3.38. The van der Waals surface area contributed by atoms with Crippen molar-refractivity contribution in [1.82, 2.24) is 9.80 Å². The zero-order valence-electron chi connectivity index (χ0n) is 17.6. The number of fused-ring (bicyclic) bond motifs is 2. The van der Waals surface area contributed by atoms with Gasteiger partial charge in [0.15, 0.2) is 11.5 Å². The van der Waals surface area contributed by atoms with Gasteiger partial charge in [-0.3, -0.25) is 9.69 Å². The van der Waals surface area contributed by atoms with E-state index in [1.165, 1.54) is 43.2 Å². The van der Waals surface area contributed by atoms with Crippen molar-refractivity contribution in [1.29, 1.82) is 0 Å². The van der Waals surface area contributed by atoms with Crippen molar-refractivity contribution in [3.8, 4) is 11.5 Å². The molecule has 5 nitrogen and oxygen atoms in total. The lowest BCUT2D eigenvalue weighted by Gasteiger charge is -2.44. The van der Waals surface area contributed by atoms with Crippen molar-refractivity contribution in [2.24, 2.45) is 0 Å². The first-order valence-corrected chi connectivity index (χ1v) is 10.9. The first-order valence-electron chi connectivity index (χ1n) is 10.9. The van der Waals surface area contributed by atoms with E-state index in [0.717, 1.165) is 44.0 Å². The molecule has 2 fully saturated rings. The fourth-order valence-electron chi connectivity index (χ4n) is 5.62. The standard InChI is InChI=1S/C23H34N2O3/c1-17(24-11-7-4-8-12-24)22(26)25-15-18-13-20(27-2)21(28-3)14-19(18)23(16-25)9-5-6-10-23/h13-14,17H,4-12,15-16H2,1-3H3/t17-/m0/s1. The van der Waals surface area contributed by atoms with Gasteiger partial charge in [0.25, 0.3) is 0 Å². The third kappa shape index (κ3) is 3.38. The van der Waals surface area contributed by atoms with Crippen LogP contribution in [0.3, 0.4) is 0 Å². The lowest BCUT2D eigenvalue weighted by Crippen LogP contribution is -2.53. The smallest absolute Gasteiger partial charge is 0.239 e. The highest BCUT2D eigenvalue weighted by Crippen LogP contribution is 2.48. The van der Waals surface area contributed by atoms with E-state index in [1.807, 2.05) is 0 Å². The van der Waals surface area contributed by atoms with Gasteiger partial charge >= 0.3 is 0 Å². The average molecular weight is 387 g/mol. The maximum absolute atomic E-state index is 13.5. The van der Waals surface area contributed by atoms with Crippen LogP contribution in [0.5, 0.6) is 11.5 Å². The minimum Gasteiger partial charge on any atom is -0.493 e. The number of nitrogens with zero attached hydrogens (tertiary/aromatic N) is 2. The van der Waals surface area contributed by atoms with Crippen LogP contribution in [0.2, 0.25) is 0 Å². The van der Waals surface area contributed by atoms with Crippen LogP contribution in [-0.4, -0.2) is 55.6 Å². The molecule has 2 aliphatic heterocycles. The molecule has 1 aromatic rings. The van der Waals surface area contributed by atoms with Gasteiger partial charge in [-0.05, 0) is 69.0 Å². The molecule has 1 aliphatic carbocycles. The summed E-state index contributed by atoms with van der Waals surface area (Å²) in [6.45, 7) is 5.71. The lowest BCUT2D eigenvalue weighted by molar-refractivity contribution is -0.139. The average Bonchev–Trinajstić information content (AvgIpc) is 3.21. The van der Waals surface area contributed by atoms with Crippen LogP contribution in [0.4, 0.5) is 0 Å². The Morgan fingerprint density at radius 3 is 2.29 bits per heavy atom. The monoisotopic (exact) mass is 386 g/mol. The van der Waals surface area contributed by atoms with Crippen molar-refractivity contribution in [3.05, 3.63) is 23.3 Å². The molecule has 0 unspecified atom stereocenters. The second kappa shape index (κ2) is 7.94. The van der Waals surface area contributed by atoms with Gasteiger partial charge in [0.1, 0.15) is 0 Å². The number of amides is 1. The number of rotatable bonds is 4. The van der Waals surface area contributed by atoms with E-state index in [9.17, 15) is 4.79 Å². The number of likely N-dealkylation sites (tertiary alicyclic amines) is 1. The third-order valence-electron chi connectivity index (χ3n) is 7.20. The molecule has 4 rings (SSSR count). The Morgan fingerprint density at radius 1 is 1.00 bits per heavy atom. The van der Waals surface area contributed by atoms with E-state index in [4.69, 9.17) is 9.47 Å². The molecule has 154 valence electrons.